The van der Waals surface area contributed by atoms with Gasteiger partial charge in [-0.15, -0.1) is 0 Å². The number of benzene rings is 1. The second-order valence-corrected chi connectivity index (χ2v) is 5.98. The molecule has 0 unspecified atom stereocenters. The van der Waals surface area contributed by atoms with Crippen LogP contribution in [-0.2, 0) is 0 Å². The van der Waals surface area contributed by atoms with Gasteiger partial charge in [0.15, 0.2) is 23.1 Å². The molecule has 0 bridgehead atoms. The molecular formula is C19H18N4O2. The normalized spacial score (nSPS) is 18.6. The Labute approximate surface area is 145 Å². The molecule has 0 spiro atoms. The highest BCUT2D eigenvalue weighted by Gasteiger charge is 2.40. The van der Waals surface area contributed by atoms with Crippen LogP contribution in [0.3, 0.4) is 0 Å². The highest BCUT2D eigenvalue weighted by molar-refractivity contribution is 5.47. The molecule has 4 rings (SSSR count). The largest absolute Gasteiger partial charge is 0.493 e. The molecule has 2 atom stereocenters. The first-order chi connectivity index (χ1) is 12.3. The topological polar surface area (TPSA) is 70.0 Å². The first kappa shape index (κ1) is 15.5. The average Bonchev–Trinajstić information content (AvgIpc) is 3.49. The minimum Gasteiger partial charge on any atom is -0.493 e. The summed E-state index contributed by atoms with van der Waals surface area (Å²) >= 11 is 0. The SMILES string of the molecule is COc1ccc([C@H]2C[C@H]2c2cnc(-c3ncccn3)nc2)cc1OC. The van der Waals surface area contributed by atoms with Crippen LogP contribution in [0.5, 0.6) is 11.5 Å². The van der Waals surface area contributed by atoms with Crippen LogP contribution in [0.1, 0.15) is 29.4 Å². The molecule has 1 aliphatic rings. The summed E-state index contributed by atoms with van der Waals surface area (Å²) in [4.78, 5) is 17.2. The van der Waals surface area contributed by atoms with Crippen LogP contribution in [-0.4, -0.2) is 34.2 Å². The first-order valence-corrected chi connectivity index (χ1v) is 8.11. The number of methoxy groups -OCH3 is 2. The summed E-state index contributed by atoms with van der Waals surface area (Å²) in [7, 11) is 3.30. The Morgan fingerprint density at radius 3 is 2.12 bits per heavy atom. The summed E-state index contributed by atoms with van der Waals surface area (Å²) in [6, 6.07) is 7.88. The maximum absolute atomic E-state index is 5.40. The lowest BCUT2D eigenvalue weighted by molar-refractivity contribution is 0.354. The Hall–Kier alpha value is -3.02. The van der Waals surface area contributed by atoms with Crippen LogP contribution >= 0.6 is 0 Å². The van der Waals surface area contributed by atoms with Gasteiger partial charge in [-0.3, -0.25) is 0 Å². The Balaban J connectivity index is 1.52. The van der Waals surface area contributed by atoms with Crippen molar-refractivity contribution in [1.82, 2.24) is 19.9 Å². The van der Waals surface area contributed by atoms with E-state index in [9.17, 15) is 0 Å². The van der Waals surface area contributed by atoms with E-state index in [0.717, 1.165) is 23.5 Å². The summed E-state index contributed by atoms with van der Waals surface area (Å²) < 4.78 is 10.7. The molecule has 2 heterocycles. The van der Waals surface area contributed by atoms with Gasteiger partial charge in [0.1, 0.15) is 0 Å². The van der Waals surface area contributed by atoms with Gasteiger partial charge in [-0.1, -0.05) is 6.07 Å². The highest BCUT2D eigenvalue weighted by atomic mass is 16.5. The smallest absolute Gasteiger partial charge is 0.197 e. The molecule has 3 aromatic rings. The van der Waals surface area contributed by atoms with E-state index in [0.29, 0.717) is 23.5 Å². The molecule has 1 aliphatic carbocycles. The van der Waals surface area contributed by atoms with Crippen LogP contribution < -0.4 is 9.47 Å². The summed E-state index contributed by atoms with van der Waals surface area (Å²) in [5, 5.41) is 0. The molecule has 1 saturated carbocycles. The monoisotopic (exact) mass is 334 g/mol. The summed E-state index contributed by atoms with van der Waals surface area (Å²) in [5.74, 6) is 3.50. The molecule has 6 heteroatoms. The van der Waals surface area contributed by atoms with Gasteiger partial charge in [-0.25, -0.2) is 19.9 Å². The predicted octanol–water partition coefficient (Wildman–Crippen LogP) is 3.22. The summed E-state index contributed by atoms with van der Waals surface area (Å²) in [6.07, 6.45) is 8.22. The van der Waals surface area contributed by atoms with Crippen molar-refractivity contribution in [3.63, 3.8) is 0 Å². The maximum Gasteiger partial charge on any atom is 0.197 e. The van der Waals surface area contributed by atoms with Crippen molar-refractivity contribution in [1.29, 1.82) is 0 Å². The molecule has 6 nitrogen and oxygen atoms in total. The highest BCUT2D eigenvalue weighted by Crippen LogP contribution is 2.55. The minimum atomic E-state index is 0.434. The second-order valence-electron chi connectivity index (χ2n) is 5.98. The third-order valence-electron chi connectivity index (χ3n) is 4.49. The lowest BCUT2D eigenvalue weighted by Crippen LogP contribution is -1.96. The van der Waals surface area contributed by atoms with E-state index in [1.54, 1.807) is 32.7 Å². The van der Waals surface area contributed by atoms with Crippen LogP contribution in [0.25, 0.3) is 11.6 Å². The summed E-state index contributed by atoms with van der Waals surface area (Å²) in [5.41, 5.74) is 2.39. The second kappa shape index (κ2) is 6.47. The Morgan fingerprint density at radius 1 is 0.800 bits per heavy atom. The maximum atomic E-state index is 5.40. The third kappa shape index (κ3) is 3.03. The molecule has 2 aromatic heterocycles. The Bertz CT molecular complexity index is 868. The number of rotatable bonds is 5. The zero-order chi connectivity index (χ0) is 17.2. The lowest BCUT2D eigenvalue weighted by atomic mass is 10.1. The number of aromatic nitrogens is 4. The molecule has 0 saturated heterocycles. The van der Waals surface area contributed by atoms with Gasteiger partial charge < -0.3 is 9.47 Å². The van der Waals surface area contributed by atoms with E-state index >= 15 is 0 Å². The van der Waals surface area contributed by atoms with Crippen LogP contribution in [0.2, 0.25) is 0 Å². The molecule has 0 radical (unpaired) electrons. The first-order valence-electron chi connectivity index (χ1n) is 8.11. The van der Waals surface area contributed by atoms with E-state index in [2.05, 4.69) is 32.1 Å². The summed E-state index contributed by atoms with van der Waals surface area (Å²) in [6.45, 7) is 0. The van der Waals surface area contributed by atoms with Crippen LogP contribution in [0, 0.1) is 0 Å². The number of ether oxygens (including phenoxy) is 2. The lowest BCUT2D eigenvalue weighted by Gasteiger charge is -2.09. The zero-order valence-electron chi connectivity index (χ0n) is 14.1. The fourth-order valence-electron chi connectivity index (χ4n) is 3.07. The zero-order valence-corrected chi connectivity index (χ0v) is 14.1. The number of hydrogen-bond acceptors (Lipinski definition) is 6. The van der Waals surface area contributed by atoms with E-state index in [4.69, 9.17) is 9.47 Å². The van der Waals surface area contributed by atoms with Crippen LogP contribution in [0.15, 0.2) is 49.1 Å². The molecule has 1 fully saturated rings. The molecular weight excluding hydrogens is 316 g/mol. The third-order valence-corrected chi connectivity index (χ3v) is 4.49. The fraction of sp³-hybridized carbons (Fsp3) is 0.263. The molecule has 126 valence electrons. The Morgan fingerprint density at radius 2 is 1.44 bits per heavy atom. The van der Waals surface area contributed by atoms with Crippen molar-refractivity contribution in [2.75, 3.05) is 14.2 Å². The van der Waals surface area contributed by atoms with E-state index in [1.165, 1.54) is 5.56 Å². The van der Waals surface area contributed by atoms with E-state index in [1.807, 2.05) is 18.5 Å². The molecule has 1 aromatic carbocycles. The Kier molecular flexibility index (Phi) is 4.01. The van der Waals surface area contributed by atoms with Gasteiger partial charge in [0, 0.05) is 24.8 Å². The van der Waals surface area contributed by atoms with Gasteiger partial charge >= 0.3 is 0 Å². The molecule has 0 amide bonds. The van der Waals surface area contributed by atoms with Gasteiger partial charge in [-0.05, 0) is 47.6 Å². The van der Waals surface area contributed by atoms with Crippen molar-refractivity contribution < 1.29 is 9.47 Å². The number of nitrogens with zero attached hydrogens (tertiary/aromatic N) is 4. The van der Waals surface area contributed by atoms with Gasteiger partial charge in [0.2, 0.25) is 0 Å². The molecule has 0 aliphatic heterocycles. The quantitative estimate of drug-likeness (QED) is 0.713. The predicted molar refractivity (Wildman–Crippen MR) is 92.7 cm³/mol. The van der Waals surface area contributed by atoms with Gasteiger partial charge in [-0.2, -0.15) is 0 Å². The van der Waals surface area contributed by atoms with Gasteiger partial charge in [0.05, 0.1) is 14.2 Å². The number of hydrogen-bond donors (Lipinski definition) is 0. The molecule has 25 heavy (non-hydrogen) atoms. The average molecular weight is 334 g/mol. The van der Waals surface area contributed by atoms with Gasteiger partial charge in [0.25, 0.3) is 0 Å². The fourth-order valence-corrected chi connectivity index (χ4v) is 3.07. The van der Waals surface area contributed by atoms with E-state index in [-0.39, 0.29) is 0 Å². The van der Waals surface area contributed by atoms with Crippen LogP contribution in [0.4, 0.5) is 0 Å². The minimum absolute atomic E-state index is 0.434. The van der Waals surface area contributed by atoms with Crippen molar-refractivity contribution in [2.24, 2.45) is 0 Å². The van der Waals surface area contributed by atoms with Crippen molar-refractivity contribution in [3.8, 4) is 23.1 Å². The standard InChI is InChI=1S/C19H18N4O2/c1-24-16-5-4-12(8-17(16)25-2)14-9-15(14)13-10-22-19(23-11-13)18-20-6-3-7-21-18/h3-8,10-11,14-15H,9H2,1-2H3/t14-,15+/m1/s1. The van der Waals surface area contributed by atoms with Crippen molar-refractivity contribution in [2.45, 2.75) is 18.3 Å². The van der Waals surface area contributed by atoms with E-state index < -0.39 is 0 Å². The van der Waals surface area contributed by atoms with Crippen molar-refractivity contribution >= 4 is 0 Å². The van der Waals surface area contributed by atoms with Crippen molar-refractivity contribution in [3.05, 3.63) is 60.2 Å². The molecule has 0 N–H and O–H groups in total.